The zero-order valence-electron chi connectivity index (χ0n) is 6.82. The summed E-state index contributed by atoms with van der Waals surface area (Å²) in [6, 6.07) is 0. The van der Waals surface area contributed by atoms with Crippen LogP contribution in [0.5, 0.6) is 0 Å². The summed E-state index contributed by atoms with van der Waals surface area (Å²) in [7, 11) is 0. The van der Waals surface area contributed by atoms with Crippen molar-refractivity contribution in [2.45, 2.75) is 38.1 Å². The zero-order valence-corrected chi connectivity index (χ0v) is 6.82. The van der Waals surface area contributed by atoms with E-state index in [0.29, 0.717) is 0 Å². The lowest BCUT2D eigenvalue weighted by Crippen LogP contribution is -2.54. The van der Waals surface area contributed by atoms with Gasteiger partial charge in [0.25, 0.3) is 0 Å². The first-order valence-electron chi connectivity index (χ1n) is 4.26. The van der Waals surface area contributed by atoms with Gasteiger partial charge in [0.05, 0.1) is 0 Å². The van der Waals surface area contributed by atoms with Gasteiger partial charge in [0.2, 0.25) is 0 Å². The first-order valence-corrected chi connectivity index (χ1v) is 4.26. The number of nitrogens with two attached hydrogens (primary N) is 1. The van der Waals surface area contributed by atoms with Gasteiger partial charge in [0.1, 0.15) is 0 Å². The van der Waals surface area contributed by atoms with E-state index < -0.39 is 0 Å². The summed E-state index contributed by atoms with van der Waals surface area (Å²) in [6.45, 7) is 4.30. The van der Waals surface area contributed by atoms with Crippen LogP contribution in [-0.2, 0) is 0 Å². The van der Waals surface area contributed by atoms with Crippen LogP contribution in [0.3, 0.4) is 0 Å². The molecule has 10 heavy (non-hydrogen) atoms. The number of nitrogens with one attached hydrogen (secondary N) is 1. The Morgan fingerprint density at radius 3 is 2.60 bits per heavy atom. The molecule has 0 aliphatic heterocycles. The minimum absolute atomic E-state index is 0.162. The predicted molar refractivity (Wildman–Crippen MR) is 43.9 cm³/mol. The molecule has 0 amide bonds. The van der Waals surface area contributed by atoms with Crippen molar-refractivity contribution in [1.82, 2.24) is 5.32 Å². The van der Waals surface area contributed by atoms with Crippen molar-refractivity contribution in [3.05, 3.63) is 0 Å². The van der Waals surface area contributed by atoms with E-state index in [-0.39, 0.29) is 5.54 Å². The van der Waals surface area contributed by atoms with Gasteiger partial charge < -0.3 is 11.1 Å². The molecule has 0 spiro atoms. The summed E-state index contributed by atoms with van der Waals surface area (Å²) in [5.74, 6) is 0. The highest BCUT2D eigenvalue weighted by Crippen LogP contribution is 2.27. The van der Waals surface area contributed by atoms with Gasteiger partial charge in [-0.25, -0.2) is 0 Å². The second-order valence-corrected chi connectivity index (χ2v) is 3.39. The Balaban J connectivity index is 2.01. The van der Waals surface area contributed by atoms with Crippen molar-refractivity contribution in [3.63, 3.8) is 0 Å². The van der Waals surface area contributed by atoms with Crippen molar-refractivity contribution in [1.29, 1.82) is 0 Å². The van der Waals surface area contributed by atoms with Gasteiger partial charge in [-0.15, -0.1) is 0 Å². The molecule has 0 radical (unpaired) electrons. The highest BCUT2D eigenvalue weighted by molar-refractivity contribution is 4.94. The minimum atomic E-state index is 0.162. The summed E-state index contributed by atoms with van der Waals surface area (Å²) < 4.78 is 0. The molecule has 0 aromatic carbocycles. The third-order valence-corrected chi connectivity index (χ3v) is 2.25. The van der Waals surface area contributed by atoms with Gasteiger partial charge >= 0.3 is 0 Å². The molecule has 0 atom stereocenters. The van der Waals surface area contributed by atoms with Crippen LogP contribution in [0.2, 0.25) is 0 Å². The highest BCUT2D eigenvalue weighted by atomic mass is 14.9. The van der Waals surface area contributed by atoms with Gasteiger partial charge in [-0.3, -0.25) is 0 Å². The van der Waals surface area contributed by atoms with Crippen LogP contribution in [0.15, 0.2) is 0 Å². The maximum Gasteiger partial charge on any atom is 0.0280 e. The normalized spacial score (nSPS) is 22.2. The Hall–Kier alpha value is -0.0800. The summed E-state index contributed by atoms with van der Waals surface area (Å²) in [6.07, 6.45) is 4.95. The van der Waals surface area contributed by atoms with E-state index in [4.69, 9.17) is 5.73 Å². The molecule has 0 aromatic rings. The van der Waals surface area contributed by atoms with E-state index in [1.807, 2.05) is 0 Å². The second kappa shape index (κ2) is 3.35. The molecule has 0 heterocycles. The van der Waals surface area contributed by atoms with Crippen LogP contribution in [0.1, 0.15) is 32.6 Å². The molecule has 1 rings (SSSR count). The summed E-state index contributed by atoms with van der Waals surface area (Å²) in [5.41, 5.74) is 6.14. The van der Waals surface area contributed by atoms with E-state index in [2.05, 4.69) is 12.2 Å². The SMILES string of the molecule is CCCNCC1(N)CCC1. The molecule has 2 nitrogen and oxygen atoms in total. The summed E-state index contributed by atoms with van der Waals surface area (Å²) in [4.78, 5) is 0. The highest BCUT2D eigenvalue weighted by Gasteiger charge is 2.31. The lowest BCUT2D eigenvalue weighted by Gasteiger charge is -2.38. The van der Waals surface area contributed by atoms with E-state index in [9.17, 15) is 0 Å². The summed E-state index contributed by atoms with van der Waals surface area (Å²) in [5, 5.41) is 3.35. The molecule has 1 aliphatic carbocycles. The van der Waals surface area contributed by atoms with Gasteiger partial charge in [-0.05, 0) is 32.2 Å². The molecular formula is C8H18N2. The van der Waals surface area contributed by atoms with E-state index in [1.165, 1.54) is 25.7 Å². The van der Waals surface area contributed by atoms with Crippen LogP contribution in [0.25, 0.3) is 0 Å². The van der Waals surface area contributed by atoms with Crippen molar-refractivity contribution in [2.75, 3.05) is 13.1 Å². The fourth-order valence-corrected chi connectivity index (χ4v) is 1.32. The van der Waals surface area contributed by atoms with Gasteiger partial charge in [-0.2, -0.15) is 0 Å². The molecule has 0 bridgehead atoms. The standard InChI is InChI=1S/C8H18N2/c1-2-6-10-7-8(9)4-3-5-8/h10H,2-7,9H2,1H3. The maximum absolute atomic E-state index is 5.98. The molecule has 0 saturated heterocycles. The van der Waals surface area contributed by atoms with Crippen molar-refractivity contribution < 1.29 is 0 Å². The number of rotatable bonds is 4. The monoisotopic (exact) mass is 142 g/mol. The van der Waals surface area contributed by atoms with Gasteiger partial charge in [-0.1, -0.05) is 6.92 Å². The first-order chi connectivity index (χ1) is 4.77. The average molecular weight is 142 g/mol. The van der Waals surface area contributed by atoms with Crippen LogP contribution in [0.4, 0.5) is 0 Å². The van der Waals surface area contributed by atoms with Gasteiger partial charge in [0, 0.05) is 12.1 Å². The molecule has 1 fully saturated rings. The number of hydrogen-bond donors (Lipinski definition) is 2. The van der Waals surface area contributed by atoms with Crippen molar-refractivity contribution in [2.24, 2.45) is 5.73 Å². The van der Waals surface area contributed by atoms with Crippen LogP contribution in [0, 0.1) is 0 Å². The Kier molecular flexibility index (Phi) is 2.69. The largest absolute Gasteiger partial charge is 0.324 e. The third kappa shape index (κ3) is 1.96. The lowest BCUT2D eigenvalue weighted by molar-refractivity contribution is 0.240. The van der Waals surface area contributed by atoms with Crippen LogP contribution in [-0.4, -0.2) is 18.6 Å². The molecular weight excluding hydrogens is 124 g/mol. The van der Waals surface area contributed by atoms with Crippen molar-refractivity contribution >= 4 is 0 Å². The Morgan fingerprint density at radius 2 is 2.20 bits per heavy atom. The van der Waals surface area contributed by atoms with Crippen LogP contribution >= 0.6 is 0 Å². The topological polar surface area (TPSA) is 38.0 Å². The minimum Gasteiger partial charge on any atom is -0.324 e. The Morgan fingerprint density at radius 1 is 1.50 bits per heavy atom. The number of hydrogen-bond acceptors (Lipinski definition) is 2. The van der Waals surface area contributed by atoms with Crippen molar-refractivity contribution in [3.8, 4) is 0 Å². The van der Waals surface area contributed by atoms with Crippen LogP contribution < -0.4 is 11.1 Å². The zero-order chi connectivity index (χ0) is 7.45. The molecule has 3 N–H and O–H groups in total. The molecule has 2 heteroatoms. The third-order valence-electron chi connectivity index (χ3n) is 2.25. The van der Waals surface area contributed by atoms with E-state index in [0.717, 1.165) is 13.1 Å². The smallest absolute Gasteiger partial charge is 0.0280 e. The predicted octanol–water partition coefficient (Wildman–Crippen LogP) is 0.867. The fraction of sp³-hybridized carbons (Fsp3) is 1.00. The second-order valence-electron chi connectivity index (χ2n) is 3.39. The Labute approximate surface area is 63.2 Å². The van der Waals surface area contributed by atoms with Gasteiger partial charge in [0.15, 0.2) is 0 Å². The van der Waals surface area contributed by atoms with E-state index >= 15 is 0 Å². The molecule has 0 aromatic heterocycles. The molecule has 1 aliphatic rings. The summed E-state index contributed by atoms with van der Waals surface area (Å²) >= 11 is 0. The molecule has 1 saturated carbocycles. The average Bonchev–Trinajstić information content (AvgIpc) is 1.85. The maximum atomic E-state index is 5.98. The quantitative estimate of drug-likeness (QED) is 0.571. The fourth-order valence-electron chi connectivity index (χ4n) is 1.32. The Bertz CT molecular complexity index is 97.4. The van der Waals surface area contributed by atoms with E-state index in [1.54, 1.807) is 0 Å². The molecule has 60 valence electrons. The molecule has 0 unspecified atom stereocenters. The lowest BCUT2D eigenvalue weighted by atomic mass is 9.78. The first kappa shape index (κ1) is 8.02.